The first-order chi connectivity index (χ1) is 15.5. The maximum atomic E-state index is 13.1. The second-order valence-electron chi connectivity index (χ2n) is 9.16. The minimum atomic E-state index is -0.785. The van der Waals surface area contributed by atoms with E-state index in [1.807, 2.05) is 6.92 Å². The zero-order valence-electron chi connectivity index (χ0n) is 20.1. The van der Waals surface area contributed by atoms with Gasteiger partial charge in [-0.1, -0.05) is 37.4 Å². The van der Waals surface area contributed by atoms with Crippen LogP contribution in [-0.2, 0) is 9.59 Å². The molecule has 0 aromatic heterocycles. The highest BCUT2D eigenvalue weighted by atomic mass is 35.5. The molecule has 33 heavy (non-hydrogen) atoms. The smallest absolute Gasteiger partial charge is 0.251 e. The Morgan fingerprint density at radius 2 is 1.97 bits per heavy atom. The fraction of sp³-hybridized carbons (Fsp3) is 0.560. The number of amides is 3. The average Bonchev–Trinajstić information content (AvgIpc) is 3.24. The van der Waals surface area contributed by atoms with Crippen LogP contribution in [-0.4, -0.2) is 47.3 Å². The Bertz CT molecular complexity index is 888. The lowest BCUT2D eigenvalue weighted by atomic mass is 9.92. The predicted molar refractivity (Wildman–Crippen MR) is 133 cm³/mol. The molecule has 0 aliphatic carbocycles. The highest BCUT2D eigenvalue weighted by molar-refractivity contribution is 6.33. The molecule has 0 saturated carbocycles. The van der Waals surface area contributed by atoms with Gasteiger partial charge in [0, 0.05) is 18.2 Å². The van der Waals surface area contributed by atoms with Gasteiger partial charge >= 0.3 is 0 Å². The van der Waals surface area contributed by atoms with E-state index in [2.05, 4.69) is 31.1 Å². The zero-order valence-corrected chi connectivity index (χ0v) is 20.9. The van der Waals surface area contributed by atoms with E-state index in [0.29, 0.717) is 36.6 Å². The fourth-order valence-electron chi connectivity index (χ4n) is 4.27. The number of nitrogens with two attached hydrogens (primary N) is 1. The average molecular weight is 477 g/mol. The molecule has 4 N–H and O–H groups in total. The van der Waals surface area contributed by atoms with E-state index in [-0.39, 0.29) is 22.9 Å². The van der Waals surface area contributed by atoms with Crippen molar-refractivity contribution in [2.45, 2.75) is 77.9 Å². The lowest BCUT2D eigenvalue weighted by Crippen LogP contribution is -2.54. The molecule has 182 valence electrons. The van der Waals surface area contributed by atoms with Gasteiger partial charge in [-0.3, -0.25) is 14.4 Å². The summed E-state index contributed by atoms with van der Waals surface area (Å²) in [5, 5.41) is 6.15. The number of likely N-dealkylation sites (tertiary alicyclic amines) is 1. The van der Waals surface area contributed by atoms with E-state index in [4.69, 9.17) is 17.3 Å². The summed E-state index contributed by atoms with van der Waals surface area (Å²) in [6.07, 6.45) is 4.10. The molecule has 3 amide bonds. The molecule has 8 heteroatoms. The molecule has 1 aromatic carbocycles. The number of hydrogen-bond donors (Lipinski definition) is 3. The van der Waals surface area contributed by atoms with Gasteiger partial charge in [0.15, 0.2) is 0 Å². The second-order valence-corrected chi connectivity index (χ2v) is 9.57. The lowest BCUT2D eigenvalue weighted by molar-refractivity contribution is -0.140. The Hall–Kier alpha value is -2.54. The Labute approximate surface area is 202 Å². The molecule has 0 bridgehead atoms. The summed E-state index contributed by atoms with van der Waals surface area (Å²) in [7, 11) is 0. The van der Waals surface area contributed by atoms with Gasteiger partial charge in [0.25, 0.3) is 5.91 Å². The highest BCUT2D eigenvalue weighted by Crippen LogP contribution is 2.22. The maximum absolute atomic E-state index is 13.1. The number of nitrogens with zero attached hydrogens (tertiary/aromatic N) is 1. The molecular weight excluding hydrogens is 440 g/mol. The van der Waals surface area contributed by atoms with E-state index in [0.717, 1.165) is 24.8 Å². The fourth-order valence-corrected chi connectivity index (χ4v) is 4.45. The van der Waals surface area contributed by atoms with Crippen molar-refractivity contribution in [1.82, 2.24) is 15.5 Å². The minimum absolute atomic E-state index is 0.0140. The summed E-state index contributed by atoms with van der Waals surface area (Å²) in [5.41, 5.74) is 7.40. The molecule has 1 fully saturated rings. The molecule has 1 heterocycles. The third kappa shape index (κ3) is 7.22. The number of nitrogen functional groups attached to an aromatic ring is 1. The maximum Gasteiger partial charge on any atom is 0.251 e. The van der Waals surface area contributed by atoms with Crippen LogP contribution in [0.5, 0.6) is 0 Å². The molecular formula is C25H37ClN4O3. The number of anilines is 1. The largest absolute Gasteiger partial charge is 0.398 e. The van der Waals surface area contributed by atoms with Crippen LogP contribution in [0.15, 0.2) is 30.4 Å². The van der Waals surface area contributed by atoms with Crippen molar-refractivity contribution >= 4 is 35.0 Å². The Kier molecular flexibility index (Phi) is 9.77. The summed E-state index contributed by atoms with van der Waals surface area (Å²) in [5.74, 6) is -0.529. The van der Waals surface area contributed by atoms with E-state index in [1.165, 1.54) is 6.07 Å². The monoisotopic (exact) mass is 476 g/mol. The van der Waals surface area contributed by atoms with Gasteiger partial charge in [-0.2, -0.15) is 0 Å². The first-order valence-corrected chi connectivity index (χ1v) is 12.0. The summed E-state index contributed by atoms with van der Waals surface area (Å²) in [6, 6.07) is 3.23. The second kappa shape index (κ2) is 12.1. The van der Waals surface area contributed by atoms with Crippen LogP contribution >= 0.6 is 11.6 Å². The van der Waals surface area contributed by atoms with Crippen LogP contribution in [0.4, 0.5) is 5.69 Å². The molecule has 1 aliphatic rings. The summed E-state index contributed by atoms with van der Waals surface area (Å²) in [4.78, 5) is 40.4. The van der Waals surface area contributed by atoms with Gasteiger partial charge in [-0.05, 0) is 63.6 Å². The number of rotatable bonds is 10. The van der Waals surface area contributed by atoms with E-state index in [1.54, 1.807) is 24.0 Å². The molecule has 7 nitrogen and oxygen atoms in total. The number of nitrogens with one attached hydrogen (secondary N) is 2. The number of hydrogen-bond acceptors (Lipinski definition) is 4. The van der Waals surface area contributed by atoms with Gasteiger partial charge in [0.1, 0.15) is 12.1 Å². The van der Waals surface area contributed by atoms with Crippen LogP contribution in [0.25, 0.3) is 0 Å². The molecule has 0 spiro atoms. The van der Waals surface area contributed by atoms with Crippen LogP contribution in [0.2, 0.25) is 5.02 Å². The van der Waals surface area contributed by atoms with Crippen LogP contribution in [0, 0.1) is 5.92 Å². The van der Waals surface area contributed by atoms with E-state index >= 15 is 0 Å². The molecule has 4 unspecified atom stereocenters. The van der Waals surface area contributed by atoms with E-state index in [9.17, 15) is 14.4 Å². The van der Waals surface area contributed by atoms with Crippen molar-refractivity contribution in [2.75, 3.05) is 12.3 Å². The highest BCUT2D eigenvalue weighted by Gasteiger charge is 2.37. The quantitative estimate of drug-likeness (QED) is 0.351. The summed E-state index contributed by atoms with van der Waals surface area (Å²) < 4.78 is 0. The molecule has 4 atom stereocenters. The van der Waals surface area contributed by atoms with Gasteiger partial charge in [0.2, 0.25) is 11.8 Å². The SMILES string of the molecule is C=C(C)CC(NC(=O)C1CCCN1C(=O)C(C)NC(=O)c1ccc(N)c(Cl)c1)C(C)CCC. The van der Waals surface area contributed by atoms with Gasteiger partial charge in [-0.15, -0.1) is 6.58 Å². The third-order valence-electron chi connectivity index (χ3n) is 6.15. The number of carbonyl (C=O) groups is 3. The normalized spacial score (nSPS) is 18.3. The van der Waals surface area contributed by atoms with Crippen molar-refractivity contribution in [1.29, 1.82) is 0 Å². The molecule has 1 saturated heterocycles. The first-order valence-electron chi connectivity index (χ1n) is 11.7. The molecule has 0 radical (unpaired) electrons. The van der Waals surface area contributed by atoms with Crippen molar-refractivity contribution in [3.8, 4) is 0 Å². The Morgan fingerprint density at radius 3 is 2.58 bits per heavy atom. The standard InChI is InChI=1S/C25H37ClN4O3/c1-6-8-16(4)21(13-15(2)3)29-24(32)22-9-7-12-30(22)25(33)17(5)28-23(31)18-10-11-20(27)19(26)14-18/h10-11,14,16-17,21-22H,2,6-9,12-13,27H2,1,3-5H3,(H,28,31)(H,29,32). The summed E-state index contributed by atoms with van der Waals surface area (Å²) in [6.45, 7) is 12.3. The minimum Gasteiger partial charge on any atom is -0.398 e. The predicted octanol–water partition coefficient (Wildman–Crippen LogP) is 3.92. The number of halogens is 1. The Balaban J connectivity index is 2.05. The summed E-state index contributed by atoms with van der Waals surface area (Å²) >= 11 is 6.00. The van der Waals surface area contributed by atoms with Crippen molar-refractivity contribution in [3.05, 3.63) is 40.9 Å². The van der Waals surface area contributed by atoms with Crippen LogP contribution in [0.1, 0.15) is 70.2 Å². The van der Waals surface area contributed by atoms with Crippen molar-refractivity contribution in [2.24, 2.45) is 5.92 Å². The van der Waals surface area contributed by atoms with Crippen molar-refractivity contribution < 1.29 is 14.4 Å². The number of carbonyl (C=O) groups excluding carboxylic acids is 3. The first kappa shape index (κ1) is 26.7. The van der Waals surface area contributed by atoms with Gasteiger partial charge in [-0.25, -0.2) is 0 Å². The van der Waals surface area contributed by atoms with Crippen LogP contribution < -0.4 is 16.4 Å². The van der Waals surface area contributed by atoms with Gasteiger partial charge in [0.05, 0.1) is 10.7 Å². The molecule has 1 aromatic rings. The van der Waals surface area contributed by atoms with E-state index < -0.39 is 18.0 Å². The van der Waals surface area contributed by atoms with Crippen molar-refractivity contribution in [3.63, 3.8) is 0 Å². The zero-order chi connectivity index (χ0) is 24.7. The topological polar surface area (TPSA) is 105 Å². The molecule has 1 aliphatic heterocycles. The lowest BCUT2D eigenvalue weighted by Gasteiger charge is -2.31. The number of benzene rings is 1. The van der Waals surface area contributed by atoms with Gasteiger partial charge < -0.3 is 21.3 Å². The van der Waals surface area contributed by atoms with Crippen LogP contribution in [0.3, 0.4) is 0 Å². The third-order valence-corrected chi connectivity index (χ3v) is 6.47. The Morgan fingerprint density at radius 1 is 1.27 bits per heavy atom. The molecule has 2 rings (SSSR count).